The second kappa shape index (κ2) is 6.40. The molecule has 0 aliphatic heterocycles. The fourth-order valence-electron chi connectivity index (χ4n) is 2.95. The third-order valence-electron chi connectivity index (χ3n) is 4.27. The van der Waals surface area contributed by atoms with Gasteiger partial charge in [-0.3, -0.25) is 0 Å². The number of fused-ring (bicyclic) bond motifs is 2. The number of rotatable bonds is 5. The highest BCUT2D eigenvalue weighted by atomic mass is 15.4. The predicted octanol–water partition coefficient (Wildman–Crippen LogP) is 3.34. The van der Waals surface area contributed by atoms with Crippen LogP contribution in [0, 0.1) is 0 Å². The minimum atomic E-state index is -0.105. The molecule has 4 rings (SSSR count). The van der Waals surface area contributed by atoms with Crippen molar-refractivity contribution in [2.45, 2.75) is 39.0 Å². The van der Waals surface area contributed by atoms with Gasteiger partial charge in [0.2, 0.25) is 0 Å². The molecule has 0 bridgehead atoms. The van der Waals surface area contributed by atoms with Crippen LogP contribution in [0.1, 0.15) is 38.8 Å². The third-order valence-corrected chi connectivity index (χ3v) is 4.27. The molecule has 0 fully saturated rings. The van der Waals surface area contributed by atoms with E-state index in [9.17, 15) is 0 Å². The van der Waals surface area contributed by atoms with Gasteiger partial charge in [-0.2, -0.15) is 4.52 Å². The first kappa shape index (κ1) is 16.5. The number of hydrogen-bond acceptors (Lipinski definition) is 5. The van der Waals surface area contributed by atoms with Gasteiger partial charge in [0.1, 0.15) is 11.6 Å². The number of nitrogens with zero attached hydrogens (tertiary/aromatic N) is 5. The number of H-pyrrole nitrogens is 1. The van der Waals surface area contributed by atoms with Gasteiger partial charge < -0.3 is 10.3 Å². The summed E-state index contributed by atoms with van der Waals surface area (Å²) in [5.41, 5.74) is 2.77. The van der Waals surface area contributed by atoms with E-state index < -0.39 is 0 Å². The van der Waals surface area contributed by atoms with Crippen LogP contribution in [-0.4, -0.2) is 36.3 Å². The summed E-state index contributed by atoms with van der Waals surface area (Å²) < 4.78 is 1.82. The van der Waals surface area contributed by atoms with E-state index in [1.54, 1.807) is 0 Å². The zero-order valence-electron chi connectivity index (χ0n) is 15.3. The van der Waals surface area contributed by atoms with Crippen LogP contribution in [0.25, 0.3) is 16.7 Å². The zero-order valence-corrected chi connectivity index (χ0v) is 15.3. The number of benzene rings is 1. The Hall–Kier alpha value is -2.96. The Morgan fingerprint density at radius 3 is 2.73 bits per heavy atom. The molecule has 0 amide bonds. The summed E-state index contributed by atoms with van der Waals surface area (Å²) in [6.07, 6.45) is 1.86. The molecule has 3 aromatic heterocycles. The third kappa shape index (κ3) is 3.24. The first-order valence-electron chi connectivity index (χ1n) is 8.91. The van der Waals surface area contributed by atoms with Crippen molar-refractivity contribution in [1.82, 2.24) is 29.8 Å². The van der Waals surface area contributed by atoms with Crippen LogP contribution in [0.4, 0.5) is 5.82 Å². The van der Waals surface area contributed by atoms with Gasteiger partial charge in [-0.1, -0.05) is 32.9 Å². The highest BCUT2D eigenvalue weighted by Crippen LogP contribution is 2.20. The van der Waals surface area contributed by atoms with Crippen molar-refractivity contribution in [1.29, 1.82) is 0 Å². The van der Waals surface area contributed by atoms with E-state index in [1.165, 1.54) is 0 Å². The second-order valence-corrected chi connectivity index (χ2v) is 7.49. The van der Waals surface area contributed by atoms with Crippen LogP contribution in [0.15, 0.2) is 36.4 Å². The van der Waals surface area contributed by atoms with E-state index in [4.69, 9.17) is 0 Å². The van der Waals surface area contributed by atoms with Crippen molar-refractivity contribution in [2.75, 3.05) is 11.9 Å². The molecule has 7 heteroatoms. The molecule has 26 heavy (non-hydrogen) atoms. The topological polar surface area (TPSA) is 83.8 Å². The van der Waals surface area contributed by atoms with E-state index >= 15 is 0 Å². The Morgan fingerprint density at radius 2 is 1.92 bits per heavy atom. The lowest BCUT2D eigenvalue weighted by molar-refractivity contribution is 0.527. The van der Waals surface area contributed by atoms with Crippen LogP contribution in [0.2, 0.25) is 0 Å². The van der Waals surface area contributed by atoms with Gasteiger partial charge in [0, 0.05) is 18.4 Å². The van der Waals surface area contributed by atoms with Crippen molar-refractivity contribution in [2.24, 2.45) is 0 Å². The summed E-state index contributed by atoms with van der Waals surface area (Å²) in [4.78, 5) is 7.97. The van der Waals surface area contributed by atoms with Crippen molar-refractivity contribution in [3.05, 3.63) is 48.0 Å². The number of nitrogens with one attached hydrogen (secondary N) is 2. The Kier molecular flexibility index (Phi) is 4.06. The minimum Gasteiger partial charge on any atom is -0.369 e. The Morgan fingerprint density at radius 1 is 1.08 bits per heavy atom. The number of aromatic amines is 1. The Bertz CT molecular complexity index is 1010. The van der Waals surface area contributed by atoms with Crippen molar-refractivity contribution >= 4 is 22.5 Å². The van der Waals surface area contributed by atoms with Crippen molar-refractivity contribution in [3.63, 3.8) is 0 Å². The fraction of sp³-hybridized carbons (Fsp3) is 0.368. The average Bonchev–Trinajstić information content (AvgIpc) is 3.21. The van der Waals surface area contributed by atoms with Gasteiger partial charge in [0.25, 0.3) is 0 Å². The van der Waals surface area contributed by atoms with Crippen LogP contribution >= 0.6 is 0 Å². The van der Waals surface area contributed by atoms with Gasteiger partial charge in [0.05, 0.1) is 11.0 Å². The maximum Gasteiger partial charge on any atom is 0.178 e. The number of anilines is 1. The monoisotopic (exact) mass is 349 g/mol. The summed E-state index contributed by atoms with van der Waals surface area (Å²) >= 11 is 0. The molecule has 134 valence electrons. The summed E-state index contributed by atoms with van der Waals surface area (Å²) in [6, 6.07) is 12.0. The lowest BCUT2D eigenvalue weighted by atomic mass is 9.96. The number of para-hydroxylation sites is 2. The zero-order chi connectivity index (χ0) is 18.1. The molecule has 3 heterocycles. The molecule has 0 radical (unpaired) electrons. The first-order chi connectivity index (χ1) is 12.5. The van der Waals surface area contributed by atoms with E-state index in [-0.39, 0.29) is 5.41 Å². The van der Waals surface area contributed by atoms with Crippen LogP contribution in [-0.2, 0) is 11.8 Å². The maximum atomic E-state index is 4.64. The summed E-state index contributed by atoms with van der Waals surface area (Å²) in [7, 11) is 0. The van der Waals surface area contributed by atoms with Crippen LogP contribution in [0.5, 0.6) is 0 Å². The van der Waals surface area contributed by atoms with Gasteiger partial charge in [-0.25, -0.2) is 4.98 Å². The second-order valence-electron chi connectivity index (χ2n) is 7.49. The number of imidazole rings is 1. The van der Waals surface area contributed by atoms with E-state index in [2.05, 4.69) is 57.4 Å². The molecule has 4 aromatic rings. The number of aromatic nitrogens is 6. The lowest BCUT2D eigenvalue weighted by Crippen LogP contribution is -2.17. The van der Waals surface area contributed by atoms with E-state index in [1.807, 2.05) is 34.8 Å². The number of aryl methyl sites for hydroxylation is 1. The fourth-order valence-corrected chi connectivity index (χ4v) is 2.95. The highest BCUT2D eigenvalue weighted by molar-refractivity contribution is 5.74. The number of hydrogen-bond donors (Lipinski definition) is 2. The molecule has 7 nitrogen and oxygen atoms in total. The van der Waals surface area contributed by atoms with Gasteiger partial charge >= 0.3 is 0 Å². The molecular weight excluding hydrogens is 326 g/mol. The Labute approximate surface area is 151 Å². The molecular formula is C19H23N7. The normalized spacial score (nSPS) is 12.1. The smallest absolute Gasteiger partial charge is 0.178 e. The summed E-state index contributed by atoms with van der Waals surface area (Å²) in [5.74, 6) is 2.70. The Balaban J connectivity index is 1.40. The maximum absolute atomic E-state index is 4.64. The predicted molar refractivity (Wildman–Crippen MR) is 102 cm³/mol. The van der Waals surface area contributed by atoms with Crippen molar-refractivity contribution in [3.8, 4) is 0 Å². The van der Waals surface area contributed by atoms with Gasteiger partial charge in [0.15, 0.2) is 11.5 Å². The van der Waals surface area contributed by atoms with Gasteiger partial charge in [-0.05, 0) is 30.7 Å². The molecule has 0 aliphatic carbocycles. The summed E-state index contributed by atoms with van der Waals surface area (Å²) in [6.45, 7) is 7.15. The molecule has 0 spiro atoms. The molecule has 1 aromatic carbocycles. The quantitative estimate of drug-likeness (QED) is 0.540. The van der Waals surface area contributed by atoms with Crippen molar-refractivity contribution < 1.29 is 0 Å². The molecule has 0 unspecified atom stereocenters. The first-order valence-corrected chi connectivity index (χ1v) is 8.91. The van der Waals surface area contributed by atoms with E-state index in [0.29, 0.717) is 0 Å². The largest absolute Gasteiger partial charge is 0.369 e. The molecule has 0 aliphatic rings. The van der Waals surface area contributed by atoms with Crippen LogP contribution < -0.4 is 5.32 Å². The minimum absolute atomic E-state index is 0.105. The SMILES string of the molecule is CC(C)(C)c1nnc2ccc(NCCCc3nc4ccccc4[nH]3)nn12. The average molecular weight is 349 g/mol. The standard InChI is InChI=1S/C19H23N7/c1-19(2,3)18-24-23-17-11-10-15(25-26(17)18)20-12-6-9-16-21-13-7-4-5-8-14(13)22-16/h4-5,7-8,10-11H,6,9,12H2,1-3H3,(H,20,25)(H,21,22). The van der Waals surface area contributed by atoms with E-state index in [0.717, 1.165) is 53.5 Å². The van der Waals surface area contributed by atoms with Gasteiger partial charge in [-0.15, -0.1) is 15.3 Å². The van der Waals surface area contributed by atoms with Crippen LogP contribution in [0.3, 0.4) is 0 Å². The lowest BCUT2D eigenvalue weighted by Gasteiger charge is -2.15. The molecule has 0 saturated carbocycles. The molecule has 0 saturated heterocycles. The highest BCUT2D eigenvalue weighted by Gasteiger charge is 2.21. The molecule has 2 N–H and O–H groups in total. The molecule has 0 atom stereocenters. The summed E-state index contributed by atoms with van der Waals surface area (Å²) in [5, 5.41) is 16.5.